The van der Waals surface area contributed by atoms with E-state index in [1.165, 1.54) is 0 Å². The maximum absolute atomic E-state index is 8.81. The number of nitrogens with one attached hydrogen (secondary N) is 1. The predicted molar refractivity (Wildman–Crippen MR) is 64.1 cm³/mol. The van der Waals surface area contributed by atoms with E-state index in [9.17, 15) is 0 Å². The van der Waals surface area contributed by atoms with Gasteiger partial charge in [-0.05, 0) is 31.0 Å². The molecule has 0 bridgehead atoms. The van der Waals surface area contributed by atoms with Gasteiger partial charge in [0, 0.05) is 6.54 Å². The first-order chi connectivity index (χ1) is 7.80. The number of rotatable bonds is 6. The topological polar surface area (TPSA) is 45.0 Å². The lowest BCUT2D eigenvalue weighted by Crippen LogP contribution is -2.26. The van der Waals surface area contributed by atoms with Gasteiger partial charge in [0.25, 0.3) is 0 Å². The van der Waals surface area contributed by atoms with Gasteiger partial charge in [-0.3, -0.25) is 5.32 Å². The SMILES string of the molecule is CCOc1cccc(CNC(C#N)CC)c1. The fourth-order valence-electron chi connectivity index (χ4n) is 1.43. The van der Waals surface area contributed by atoms with Gasteiger partial charge in [0.05, 0.1) is 18.7 Å². The van der Waals surface area contributed by atoms with Crippen molar-refractivity contribution >= 4 is 0 Å². The van der Waals surface area contributed by atoms with Gasteiger partial charge in [0.2, 0.25) is 0 Å². The number of benzene rings is 1. The van der Waals surface area contributed by atoms with Crippen molar-refractivity contribution in [1.82, 2.24) is 5.32 Å². The van der Waals surface area contributed by atoms with Crippen LogP contribution in [0.3, 0.4) is 0 Å². The van der Waals surface area contributed by atoms with Crippen LogP contribution in [0.5, 0.6) is 5.75 Å². The third kappa shape index (κ3) is 3.92. The van der Waals surface area contributed by atoms with E-state index in [0.717, 1.165) is 17.7 Å². The van der Waals surface area contributed by atoms with Gasteiger partial charge in [-0.15, -0.1) is 0 Å². The van der Waals surface area contributed by atoms with Crippen LogP contribution < -0.4 is 10.1 Å². The molecule has 0 radical (unpaired) electrons. The Morgan fingerprint density at radius 2 is 2.25 bits per heavy atom. The van der Waals surface area contributed by atoms with Crippen molar-refractivity contribution in [2.75, 3.05) is 6.61 Å². The summed E-state index contributed by atoms with van der Waals surface area (Å²) in [6, 6.07) is 10.1. The number of hydrogen-bond donors (Lipinski definition) is 1. The molecule has 0 heterocycles. The summed E-state index contributed by atoms with van der Waals surface area (Å²) in [7, 11) is 0. The average Bonchev–Trinajstić information content (AvgIpc) is 2.31. The fourth-order valence-corrected chi connectivity index (χ4v) is 1.43. The lowest BCUT2D eigenvalue weighted by molar-refractivity contribution is 0.340. The van der Waals surface area contributed by atoms with Gasteiger partial charge in [-0.1, -0.05) is 19.1 Å². The molecule has 1 N–H and O–H groups in total. The maximum Gasteiger partial charge on any atom is 0.119 e. The third-order valence-electron chi connectivity index (χ3n) is 2.33. The molecule has 0 spiro atoms. The minimum Gasteiger partial charge on any atom is -0.494 e. The Balaban J connectivity index is 2.54. The molecule has 16 heavy (non-hydrogen) atoms. The van der Waals surface area contributed by atoms with E-state index in [-0.39, 0.29) is 6.04 Å². The van der Waals surface area contributed by atoms with Crippen molar-refractivity contribution < 1.29 is 4.74 Å². The summed E-state index contributed by atoms with van der Waals surface area (Å²) in [6.45, 7) is 5.34. The van der Waals surface area contributed by atoms with Crippen molar-refractivity contribution in [2.24, 2.45) is 0 Å². The molecule has 3 heteroatoms. The van der Waals surface area contributed by atoms with Crippen LogP contribution in [0.2, 0.25) is 0 Å². The molecule has 1 atom stereocenters. The van der Waals surface area contributed by atoms with Gasteiger partial charge in [-0.2, -0.15) is 5.26 Å². The number of nitriles is 1. The van der Waals surface area contributed by atoms with Crippen molar-refractivity contribution in [3.8, 4) is 11.8 Å². The van der Waals surface area contributed by atoms with Gasteiger partial charge in [0.15, 0.2) is 0 Å². The highest BCUT2D eigenvalue weighted by molar-refractivity contribution is 5.28. The van der Waals surface area contributed by atoms with Crippen molar-refractivity contribution in [3.63, 3.8) is 0 Å². The molecule has 3 nitrogen and oxygen atoms in total. The molecule has 1 aromatic rings. The molecule has 0 saturated carbocycles. The second-order valence-corrected chi connectivity index (χ2v) is 3.55. The van der Waals surface area contributed by atoms with Gasteiger partial charge in [0.1, 0.15) is 5.75 Å². The Morgan fingerprint density at radius 3 is 2.88 bits per heavy atom. The molecule has 0 aliphatic heterocycles. The zero-order chi connectivity index (χ0) is 11.8. The summed E-state index contributed by atoms with van der Waals surface area (Å²) in [6.07, 6.45) is 0.821. The maximum atomic E-state index is 8.81. The molecule has 0 amide bonds. The summed E-state index contributed by atoms with van der Waals surface area (Å²) >= 11 is 0. The highest BCUT2D eigenvalue weighted by Crippen LogP contribution is 2.13. The van der Waals surface area contributed by atoms with Crippen molar-refractivity contribution in [3.05, 3.63) is 29.8 Å². The minimum absolute atomic E-state index is 0.0734. The number of nitrogens with zero attached hydrogens (tertiary/aromatic N) is 1. The molecule has 0 fully saturated rings. The normalized spacial score (nSPS) is 11.8. The summed E-state index contributed by atoms with van der Waals surface area (Å²) in [4.78, 5) is 0. The Hall–Kier alpha value is -1.53. The van der Waals surface area contributed by atoms with Crippen molar-refractivity contribution in [1.29, 1.82) is 5.26 Å². The van der Waals surface area contributed by atoms with Crippen LogP contribution >= 0.6 is 0 Å². The Morgan fingerprint density at radius 1 is 1.44 bits per heavy atom. The van der Waals surface area contributed by atoms with E-state index >= 15 is 0 Å². The van der Waals surface area contributed by atoms with Crippen LogP contribution in [0.1, 0.15) is 25.8 Å². The molecule has 1 aromatic carbocycles. The Bertz CT molecular complexity index is 357. The van der Waals surface area contributed by atoms with E-state index in [2.05, 4.69) is 11.4 Å². The van der Waals surface area contributed by atoms with Gasteiger partial charge >= 0.3 is 0 Å². The highest BCUT2D eigenvalue weighted by atomic mass is 16.5. The molecule has 86 valence electrons. The van der Waals surface area contributed by atoms with Crippen molar-refractivity contribution in [2.45, 2.75) is 32.9 Å². The quantitative estimate of drug-likeness (QED) is 0.797. The molecular formula is C13H18N2O. The Kier molecular flexibility index (Phi) is 5.38. The van der Waals surface area contributed by atoms with Crippen LogP contribution in [0, 0.1) is 11.3 Å². The monoisotopic (exact) mass is 218 g/mol. The first-order valence-electron chi connectivity index (χ1n) is 5.64. The lowest BCUT2D eigenvalue weighted by atomic mass is 10.2. The minimum atomic E-state index is -0.0734. The van der Waals surface area contributed by atoms with E-state index in [0.29, 0.717) is 13.2 Å². The van der Waals surface area contributed by atoms with Crippen LogP contribution in [-0.4, -0.2) is 12.6 Å². The van der Waals surface area contributed by atoms with Crippen LogP contribution in [0.4, 0.5) is 0 Å². The van der Waals surface area contributed by atoms with Gasteiger partial charge < -0.3 is 4.74 Å². The summed E-state index contributed by atoms with van der Waals surface area (Å²) in [5.74, 6) is 0.881. The largest absolute Gasteiger partial charge is 0.494 e. The second-order valence-electron chi connectivity index (χ2n) is 3.55. The first kappa shape index (κ1) is 12.5. The molecule has 1 rings (SSSR count). The third-order valence-corrected chi connectivity index (χ3v) is 2.33. The van der Waals surface area contributed by atoms with E-state index in [1.54, 1.807) is 0 Å². The average molecular weight is 218 g/mol. The summed E-state index contributed by atoms with van der Waals surface area (Å²) < 4.78 is 5.41. The molecule has 0 saturated heterocycles. The standard InChI is InChI=1S/C13H18N2O/c1-3-12(9-14)15-10-11-6-5-7-13(8-11)16-4-2/h5-8,12,15H,3-4,10H2,1-2H3. The van der Waals surface area contributed by atoms with Crippen LogP contribution in [0.15, 0.2) is 24.3 Å². The molecule has 0 aliphatic rings. The summed E-state index contributed by atoms with van der Waals surface area (Å²) in [5, 5.41) is 12.0. The Labute approximate surface area is 97.0 Å². The number of ether oxygens (including phenoxy) is 1. The predicted octanol–water partition coefficient (Wildman–Crippen LogP) is 2.48. The zero-order valence-corrected chi connectivity index (χ0v) is 9.86. The molecular weight excluding hydrogens is 200 g/mol. The molecule has 0 aliphatic carbocycles. The highest BCUT2D eigenvalue weighted by Gasteiger charge is 2.03. The number of hydrogen-bond acceptors (Lipinski definition) is 3. The molecule has 0 aromatic heterocycles. The first-order valence-corrected chi connectivity index (χ1v) is 5.64. The van der Waals surface area contributed by atoms with Crippen LogP contribution in [0.25, 0.3) is 0 Å². The lowest BCUT2D eigenvalue weighted by Gasteiger charge is -2.10. The summed E-state index contributed by atoms with van der Waals surface area (Å²) in [5.41, 5.74) is 1.14. The smallest absolute Gasteiger partial charge is 0.119 e. The van der Waals surface area contributed by atoms with E-state index in [1.807, 2.05) is 38.1 Å². The second kappa shape index (κ2) is 6.86. The molecule has 1 unspecified atom stereocenters. The zero-order valence-electron chi connectivity index (χ0n) is 9.86. The van der Waals surface area contributed by atoms with E-state index in [4.69, 9.17) is 10.00 Å². The fraction of sp³-hybridized carbons (Fsp3) is 0.462. The van der Waals surface area contributed by atoms with E-state index < -0.39 is 0 Å². The van der Waals surface area contributed by atoms with Gasteiger partial charge in [-0.25, -0.2) is 0 Å². The van der Waals surface area contributed by atoms with Crippen LogP contribution in [-0.2, 0) is 6.54 Å².